The van der Waals surface area contributed by atoms with Crippen LogP contribution in [0.25, 0.3) is 11.1 Å². The van der Waals surface area contributed by atoms with E-state index in [9.17, 15) is 19.6 Å². The second kappa shape index (κ2) is 5.93. The highest BCUT2D eigenvalue weighted by molar-refractivity contribution is 6.09. The zero-order chi connectivity index (χ0) is 16.3. The number of aliphatic imine (C=N–C) groups is 1. The number of nitrogens with zero attached hydrogens (tertiary/aromatic N) is 2. The molecule has 0 saturated heterocycles. The molecule has 5 N–H and O–H groups in total. The van der Waals surface area contributed by atoms with Gasteiger partial charge in [0.2, 0.25) is 0 Å². The van der Waals surface area contributed by atoms with Crippen LogP contribution in [0.1, 0.15) is 15.9 Å². The number of nitriles is 1. The molecular formula is C15H11FN4O2. The summed E-state index contributed by atoms with van der Waals surface area (Å²) in [6.07, 6.45) is 0. The molecule has 110 valence electrons. The van der Waals surface area contributed by atoms with Crippen molar-refractivity contribution in [3.8, 4) is 22.9 Å². The van der Waals surface area contributed by atoms with Gasteiger partial charge in [0.1, 0.15) is 11.6 Å². The summed E-state index contributed by atoms with van der Waals surface area (Å²) in [5.41, 5.74) is 10.8. The molecule has 0 spiro atoms. The zero-order valence-electron chi connectivity index (χ0n) is 11.2. The number of rotatable bonds is 2. The molecule has 0 bridgehead atoms. The third-order valence-corrected chi connectivity index (χ3v) is 2.88. The summed E-state index contributed by atoms with van der Waals surface area (Å²) >= 11 is 0. The van der Waals surface area contributed by atoms with Gasteiger partial charge in [0, 0.05) is 5.56 Å². The maximum atomic E-state index is 13.1. The van der Waals surface area contributed by atoms with Gasteiger partial charge in [-0.3, -0.25) is 4.79 Å². The number of carbonyl (C=O) groups is 1. The van der Waals surface area contributed by atoms with Gasteiger partial charge in [-0.15, -0.1) is 0 Å². The number of phenols is 1. The van der Waals surface area contributed by atoms with Crippen LogP contribution < -0.4 is 11.5 Å². The number of amides is 1. The minimum absolute atomic E-state index is 0.124. The fraction of sp³-hybridized carbons (Fsp3) is 0. The van der Waals surface area contributed by atoms with E-state index in [0.717, 1.165) is 0 Å². The summed E-state index contributed by atoms with van der Waals surface area (Å²) in [5, 5.41) is 19.2. The molecule has 6 nitrogen and oxygen atoms in total. The van der Waals surface area contributed by atoms with E-state index in [1.807, 2.05) is 6.07 Å². The average Bonchev–Trinajstić information content (AvgIpc) is 2.47. The van der Waals surface area contributed by atoms with Crippen LogP contribution in [0, 0.1) is 17.1 Å². The molecule has 0 aliphatic heterocycles. The van der Waals surface area contributed by atoms with Gasteiger partial charge < -0.3 is 16.6 Å². The Morgan fingerprint density at radius 2 is 1.82 bits per heavy atom. The summed E-state index contributed by atoms with van der Waals surface area (Å²) in [7, 11) is 0. The first-order valence-electron chi connectivity index (χ1n) is 6.10. The van der Waals surface area contributed by atoms with Gasteiger partial charge in [-0.2, -0.15) is 10.3 Å². The lowest BCUT2D eigenvalue weighted by Gasteiger charge is -2.11. The van der Waals surface area contributed by atoms with Crippen LogP contribution in [0.2, 0.25) is 0 Å². The fourth-order valence-corrected chi connectivity index (χ4v) is 1.99. The van der Waals surface area contributed by atoms with E-state index in [1.54, 1.807) is 0 Å². The molecule has 2 aromatic carbocycles. The first kappa shape index (κ1) is 15.0. The predicted octanol–water partition coefficient (Wildman–Crippen LogP) is 1.48. The SMILES string of the molecule is N#Cc1ccc(O)c(C(=O)N=C(N)N)c1-c1ccc(F)cc1. The Morgan fingerprint density at radius 1 is 1.18 bits per heavy atom. The number of benzene rings is 2. The Labute approximate surface area is 125 Å². The molecule has 22 heavy (non-hydrogen) atoms. The molecule has 0 radical (unpaired) electrons. The topological polar surface area (TPSA) is 125 Å². The lowest BCUT2D eigenvalue weighted by molar-refractivity contribution is 0.100. The number of phenolic OH excluding ortho intramolecular Hbond substituents is 1. The van der Waals surface area contributed by atoms with Crippen molar-refractivity contribution in [2.24, 2.45) is 16.5 Å². The molecule has 0 aromatic heterocycles. The second-order valence-electron chi connectivity index (χ2n) is 4.34. The van der Waals surface area contributed by atoms with Crippen LogP contribution in [-0.2, 0) is 0 Å². The van der Waals surface area contributed by atoms with E-state index in [1.165, 1.54) is 36.4 Å². The van der Waals surface area contributed by atoms with E-state index in [2.05, 4.69) is 4.99 Å². The minimum Gasteiger partial charge on any atom is -0.507 e. The number of nitrogens with two attached hydrogens (primary N) is 2. The lowest BCUT2D eigenvalue weighted by Crippen LogP contribution is -2.24. The van der Waals surface area contributed by atoms with Crippen molar-refractivity contribution in [2.45, 2.75) is 0 Å². The van der Waals surface area contributed by atoms with Crippen molar-refractivity contribution in [1.29, 1.82) is 5.26 Å². The number of hydrogen-bond donors (Lipinski definition) is 3. The highest BCUT2D eigenvalue weighted by Gasteiger charge is 2.21. The minimum atomic E-state index is -0.895. The van der Waals surface area contributed by atoms with Gasteiger partial charge in [-0.1, -0.05) is 12.1 Å². The van der Waals surface area contributed by atoms with Gasteiger partial charge >= 0.3 is 0 Å². The molecule has 2 aromatic rings. The van der Waals surface area contributed by atoms with Crippen molar-refractivity contribution in [3.05, 3.63) is 53.3 Å². The number of hydrogen-bond acceptors (Lipinski definition) is 3. The Morgan fingerprint density at radius 3 is 2.36 bits per heavy atom. The molecule has 2 rings (SSSR count). The normalized spacial score (nSPS) is 9.82. The average molecular weight is 298 g/mol. The molecule has 0 heterocycles. The number of guanidine groups is 1. The molecule has 0 aliphatic carbocycles. The molecular weight excluding hydrogens is 287 g/mol. The molecule has 0 aliphatic rings. The van der Waals surface area contributed by atoms with Crippen LogP contribution in [-0.4, -0.2) is 17.0 Å². The van der Waals surface area contributed by atoms with E-state index in [4.69, 9.17) is 11.5 Å². The molecule has 0 fully saturated rings. The fourth-order valence-electron chi connectivity index (χ4n) is 1.99. The van der Waals surface area contributed by atoms with E-state index in [0.29, 0.717) is 5.56 Å². The summed E-state index contributed by atoms with van der Waals surface area (Å²) in [5.74, 6) is -2.22. The number of aromatic hydroxyl groups is 1. The van der Waals surface area contributed by atoms with Gasteiger partial charge in [-0.25, -0.2) is 4.39 Å². The Bertz CT molecular complexity index is 804. The summed E-state index contributed by atoms with van der Waals surface area (Å²) in [6, 6.07) is 9.58. The molecule has 7 heteroatoms. The first-order chi connectivity index (χ1) is 10.4. The maximum absolute atomic E-state index is 13.1. The van der Waals surface area contributed by atoms with Crippen molar-refractivity contribution in [3.63, 3.8) is 0 Å². The molecule has 0 saturated carbocycles. The zero-order valence-corrected chi connectivity index (χ0v) is 11.2. The lowest BCUT2D eigenvalue weighted by atomic mass is 9.93. The van der Waals surface area contributed by atoms with Gasteiger partial charge in [-0.05, 0) is 29.8 Å². The highest BCUT2D eigenvalue weighted by Crippen LogP contribution is 2.34. The van der Waals surface area contributed by atoms with Crippen molar-refractivity contribution in [2.75, 3.05) is 0 Å². The van der Waals surface area contributed by atoms with Gasteiger partial charge in [0.05, 0.1) is 17.2 Å². The first-order valence-corrected chi connectivity index (χ1v) is 6.10. The third kappa shape index (κ3) is 2.86. The Kier molecular flexibility index (Phi) is 4.04. The Balaban J connectivity index is 2.77. The summed E-state index contributed by atoms with van der Waals surface area (Å²) in [4.78, 5) is 15.5. The van der Waals surface area contributed by atoms with Crippen molar-refractivity contribution < 1.29 is 14.3 Å². The van der Waals surface area contributed by atoms with Crippen LogP contribution in [0.3, 0.4) is 0 Å². The molecule has 0 atom stereocenters. The number of carbonyl (C=O) groups excluding carboxylic acids is 1. The quantitative estimate of drug-likeness (QED) is 0.572. The Hall–Kier alpha value is -3.40. The molecule has 0 unspecified atom stereocenters. The van der Waals surface area contributed by atoms with Crippen molar-refractivity contribution >= 4 is 11.9 Å². The predicted molar refractivity (Wildman–Crippen MR) is 78.4 cm³/mol. The maximum Gasteiger partial charge on any atom is 0.284 e. The van der Waals surface area contributed by atoms with E-state index < -0.39 is 17.7 Å². The largest absolute Gasteiger partial charge is 0.507 e. The molecule has 1 amide bonds. The summed E-state index contributed by atoms with van der Waals surface area (Å²) < 4.78 is 13.1. The number of halogens is 1. The van der Waals surface area contributed by atoms with E-state index >= 15 is 0 Å². The van der Waals surface area contributed by atoms with Gasteiger partial charge in [0.25, 0.3) is 5.91 Å². The van der Waals surface area contributed by atoms with Crippen molar-refractivity contribution in [1.82, 2.24) is 0 Å². The monoisotopic (exact) mass is 298 g/mol. The van der Waals surface area contributed by atoms with Crippen LogP contribution in [0.5, 0.6) is 5.75 Å². The smallest absolute Gasteiger partial charge is 0.284 e. The van der Waals surface area contributed by atoms with Crippen LogP contribution in [0.15, 0.2) is 41.4 Å². The second-order valence-corrected chi connectivity index (χ2v) is 4.34. The highest BCUT2D eigenvalue weighted by atomic mass is 19.1. The van der Waals surface area contributed by atoms with Gasteiger partial charge in [0.15, 0.2) is 5.96 Å². The third-order valence-electron chi connectivity index (χ3n) is 2.88. The van der Waals surface area contributed by atoms with Crippen LogP contribution >= 0.6 is 0 Å². The summed E-state index contributed by atoms with van der Waals surface area (Å²) in [6.45, 7) is 0. The van der Waals surface area contributed by atoms with E-state index in [-0.39, 0.29) is 22.4 Å². The standard InChI is InChI=1S/C15H11FN4O2/c16-10-4-1-8(2-5-10)12-9(7-17)3-6-11(21)13(12)14(22)20-15(18)19/h1-6,21H,(H4,18,19,20,22). The van der Waals surface area contributed by atoms with Crippen LogP contribution in [0.4, 0.5) is 4.39 Å².